The second-order valence-corrected chi connectivity index (χ2v) is 4.16. The van der Waals surface area contributed by atoms with Crippen LogP contribution in [0, 0.1) is 13.8 Å². The van der Waals surface area contributed by atoms with E-state index in [4.69, 9.17) is 5.11 Å². The Morgan fingerprint density at radius 1 is 1.13 bits per heavy atom. The van der Waals surface area contributed by atoms with Crippen LogP contribution in [0.5, 0.6) is 0 Å². The fraction of sp³-hybridized carbons (Fsp3) is 0.538. The Morgan fingerprint density at radius 3 is 2.00 bits per heavy atom. The van der Waals surface area contributed by atoms with E-state index in [1.165, 1.54) is 21.2 Å². The highest BCUT2D eigenvalue weighted by Crippen LogP contribution is 2.22. The highest BCUT2D eigenvalue weighted by atomic mass is 79.9. The summed E-state index contributed by atoms with van der Waals surface area (Å²) in [4.78, 5) is 0. The molecule has 86 valence electrons. The average Bonchev–Trinajstić information content (AvgIpc) is 2.25. The second kappa shape index (κ2) is 7.89. The molecule has 0 aliphatic carbocycles. The van der Waals surface area contributed by atoms with Crippen molar-refractivity contribution >= 4 is 15.9 Å². The Morgan fingerprint density at radius 2 is 1.60 bits per heavy atom. The van der Waals surface area contributed by atoms with Gasteiger partial charge in [-0.25, -0.2) is 0 Å². The Kier molecular flexibility index (Phi) is 7.71. The molecule has 0 spiro atoms. The van der Waals surface area contributed by atoms with E-state index in [1.807, 2.05) is 13.8 Å². The fourth-order valence-corrected chi connectivity index (χ4v) is 1.69. The van der Waals surface area contributed by atoms with Gasteiger partial charge in [-0.1, -0.05) is 41.9 Å². The van der Waals surface area contributed by atoms with Crippen molar-refractivity contribution in [3.63, 3.8) is 0 Å². The molecule has 0 atom stereocenters. The van der Waals surface area contributed by atoms with Gasteiger partial charge in [0, 0.05) is 11.1 Å². The molecule has 0 unspecified atom stereocenters. The molecule has 0 bridgehead atoms. The summed E-state index contributed by atoms with van der Waals surface area (Å²) in [5.41, 5.74) is 3.85. The first-order valence-electron chi connectivity index (χ1n) is 5.51. The van der Waals surface area contributed by atoms with E-state index in [-0.39, 0.29) is 6.61 Å². The number of benzene rings is 1. The van der Waals surface area contributed by atoms with Gasteiger partial charge in [-0.3, -0.25) is 0 Å². The zero-order chi connectivity index (χ0) is 11.8. The zero-order valence-electron chi connectivity index (χ0n) is 10.1. The maximum atomic E-state index is 8.71. The van der Waals surface area contributed by atoms with Gasteiger partial charge in [0.15, 0.2) is 0 Å². The number of aliphatic hydroxyl groups excluding tert-OH is 1. The maximum Gasteiger partial charge on any atom is 0.0434 e. The summed E-state index contributed by atoms with van der Waals surface area (Å²) in [6.45, 7) is 8.47. The average molecular weight is 273 g/mol. The summed E-state index contributed by atoms with van der Waals surface area (Å²) < 4.78 is 1.19. The van der Waals surface area contributed by atoms with Gasteiger partial charge in [0.2, 0.25) is 0 Å². The van der Waals surface area contributed by atoms with Crippen molar-refractivity contribution in [3.05, 3.63) is 33.3 Å². The van der Waals surface area contributed by atoms with Gasteiger partial charge in [0.1, 0.15) is 0 Å². The Bertz CT molecular complexity index is 272. The summed E-state index contributed by atoms with van der Waals surface area (Å²) in [6.07, 6.45) is 1.81. The molecule has 0 saturated heterocycles. The van der Waals surface area contributed by atoms with Gasteiger partial charge in [-0.05, 0) is 43.4 Å². The van der Waals surface area contributed by atoms with Gasteiger partial charge in [-0.2, -0.15) is 0 Å². The number of aliphatic hydroxyl groups is 1. The molecule has 1 N–H and O–H groups in total. The predicted octanol–water partition coefficient (Wildman–Crippen LogP) is 4.02. The van der Waals surface area contributed by atoms with E-state index in [2.05, 4.69) is 41.9 Å². The first kappa shape index (κ1) is 14.7. The van der Waals surface area contributed by atoms with Crippen LogP contribution in [0.1, 0.15) is 37.0 Å². The first-order valence-corrected chi connectivity index (χ1v) is 6.31. The predicted molar refractivity (Wildman–Crippen MR) is 70.4 cm³/mol. The normalized spacial score (nSPS) is 9.47. The van der Waals surface area contributed by atoms with Crippen LogP contribution in [-0.4, -0.2) is 11.7 Å². The lowest BCUT2D eigenvalue weighted by Gasteiger charge is -2.07. The lowest BCUT2D eigenvalue weighted by molar-refractivity contribution is 0.288. The molecule has 0 aliphatic rings. The van der Waals surface area contributed by atoms with Crippen molar-refractivity contribution in [1.82, 2.24) is 0 Å². The Balaban J connectivity index is 0.000000921. The molecule has 0 heterocycles. The first-order chi connectivity index (χ1) is 7.15. The molecule has 0 fully saturated rings. The van der Waals surface area contributed by atoms with Gasteiger partial charge in [0.25, 0.3) is 0 Å². The van der Waals surface area contributed by atoms with Crippen LogP contribution >= 0.6 is 15.9 Å². The van der Waals surface area contributed by atoms with Gasteiger partial charge < -0.3 is 5.11 Å². The molecule has 1 nitrogen and oxygen atoms in total. The van der Waals surface area contributed by atoms with Crippen molar-refractivity contribution in [3.8, 4) is 0 Å². The molecule has 2 heteroatoms. The van der Waals surface area contributed by atoms with Crippen molar-refractivity contribution < 1.29 is 5.11 Å². The third-order valence-corrected chi connectivity index (χ3v) is 3.37. The van der Waals surface area contributed by atoms with Crippen LogP contribution < -0.4 is 0 Å². The second-order valence-electron chi connectivity index (χ2n) is 3.37. The molecule has 0 aromatic heterocycles. The van der Waals surface area contributed by atoms with E-state index >= 15 is 0 Å². The quantitative estimate of drug-likeness (QED) is 0.882. The molecule has 1 aromatic carbocycles. The van der Waals surface area contributed by atoms with Gasteiger partial charge in [0.05, 0.1) is 0 Å². The van der Waals surface area contributed by atoms with Crippen LogP contribution in [0.4, 0.5) is 0 Å². The fourth-order valence-electron chi connectivity index (χ4n) is 1.46. The monoisotopic (exact) mass is 272 g/mol. The lowest BCUT2D eigenvalue weighted by Crippen LogP contribution is -1.92. The number of hydrogen-bond donors (Lipinski definition) is 1. The zero-order valence-corrected chi connectivity index (χ0v) is 11.7. The third kappa shape index (κ3) is 4.80. The van der Waals surface area contributed by atoms with E-state index in [0.717, 1.165) is 12.8 Å². The summed E-state index contributed by atoms with van der Waals surface area (Å²) in [7, 11) is 0. The third-order valence-electron chi connectivity index (χ3n) is 2.12. The molecule has 1 rings (SSSR count). The molecule has 0 saturated carbocycles. The topological polar surface area (TPSA) is 20.2 Å². The van der Waals surface area contributed by atoms with Crippen molar-refractivity contribution in [2.24, 2.45) is 0 Å². The number of aryl methyl sites for hydroxylation is 3. The van der Waals surface area contributed by atoms with E-state index in [1.54, 1.807) is 0 Å². The number of hydrogen-bond acceptors (Lipinski definition) is 1. The molecule has 0 amide bonds. The minimum absolute atomic E-state index is 0.272. The molecule has 0 radical (unpaired) electrons. The summed E-state index contributed by atoms with van der Waals surface area (Å²) in [6, 6.07) is 4.35. The van der Waals surface area contributed by atoms with Crippen molar-refractivity contribution in [2.45, 2.75) is 40.5 Å². The van der Waals surface area contributed by atoms with Crippen LogP contribution in [0.2, 0.25) is 0 Å². The van der Waals surface area contributed by atoms with Crippen molar-refractivity contribution in [2.75, 3.05) is 6.61 Å². The van der Waals surface area contributed by atoms with Crippen LogP contribution in [0.25, 0.3) is 0 Å². The number of halogens is 1. The smallest absolute Gasteiger partial charge is 0.0434 e. The van der Waals surface area contributed by atoms with E-state index in [0.29, 0.717) is 0 Å². The molecule has 0 aliphatic heterocycles. The highest BCUT2D eigenvalue weighted by Gasteiger charge is 2.01. The summed E-state index contributed by atoms with van der Waals surface area (Å²) in [5, 5.41) is 8.71. The largest absolute Gasteiger partial charge is 0.396 e. The minimum Gasteiger partial charge on any atom is -0.396 e. The van der Waals surface area contributed by atoms with Gasteiger partial charge >= 0.3 is 0 Å². The van der Waals surface area contributed by atoms with E-state index < -0.39 is 0 Å². The van der Waals surface area contributed by atoms with Crippen LogP contribution in [-0.2, 0) is 6.42 Å². The number of rotatable bonds is 3. The standard InChI is InChI=1S/C11H15BrO.C2H6/c1-8-6-10(4-3-5-13)7-9(2)11(8)12;1-2/h6-7,13H,3-5H2,1-2H3;1-2H3. The van der Waals surface area contributed by atoms with Gasteiger partial charge in [-0.15, -0.1) is 0 Å². The summed E-state index contributed by atoms with van der Waals surface area (Å²) in [5.74, 6) is 0. The molecular weight excluding hydrogens is 252 g/mol. The molecular formula is C13H21BrO. The molecule has 15 heavy (non-hydrogen) atoms. The van der Waals surface area contributed by atoms with Crippen LogP contribution in [0.15, 0.2) is 16.6 Å². The lowest BCUT2D eigenvalue weighted by atomic mass is 10.0. The SMILES string of the molecule is CC.Cc1cc(CCCO)cc(C)c1Br. The minimum atomic E-state index is 0.272. The Hall–Kier alpha value is -0.340. The highest BCUT2D eigenvalue weighted by molar-refractivity contribution is 9.10. The van der Waals surface area contributed by atoms with E-state index in [9.17, 15) is 0 Å². The maximum absolute atomic E-state index is 8.71. The van der Waals surface area contributed by atoms with Crippen LogP contribution in [0.3, 0.4) is 0 Å². The Labute approximate surface area is 102 Å². The summed E-state index contributed by atoms with van der Waals surface area (Å²) >= 11 is 3.53. The van der Waals surface area contributed by atoms with Crippen molar-refractivity contribution in [1.29, 1.82) is 0 Å². The molecule has 1 aromatic rings.